The van der Waals surface area contributed by atoms with E-state index in [0.717, 1.165) is 51.4 Å². The normalized spacial score (nSPS) is 14.7. The van der Waals surface area contributed by atoms with Crippen LogP contribution < -0.4 is 5.73 Å². The molecule has 0 fully saturated rings. The lowest BCUT2D eigenvalue weighted by molar-refractivity contribution is -0.153. The van der Waals surface area contributed by atoms with Crippen LogP contribution in [0.4, 0.5) is 0 Å². The molecule has 1 aromatic carbocycles. The lowest BCUT2D eigenvalue weighted by Gasteiger charge is -2.36. The van der Waals surface area contributed by atoms with Crippen LogP contribution in [0.1, 0.15) is 117 Å². The Bertz CT molecular complexity index is 870. The van der Waals surface area contributed by atoms with Gasteiger partial charge in [-0.05, 0) is 61.6 Å². The summed E-state index contributed by atoms with van der Waals surface area (Å²) < 4.78 is 0. The second kappa shape index (κ2) is 20.1. The van der Waals surface area contributed by atoms with Crippen LogP contribution in [0.15, 0.2) is 18.2 Å². The molecule has 0 saturated carbocycles. The van der Waals surface area contributed by atoms with Gasteiger partial charge in [0.2, 0.25) is 0 Å². The number of aliphatic carboxylic acids is 3. The third-order valence-corrected chi connectivity index (χ3v) is 7.76. The van der Waals surface area contributed by atoms with Crippen molar-refractivity contribution in [1.29, 1.82) is 0 Å². The number of hydrogen-bond donors (Lipinski definition) is 6. The summed E-state index contributed by atoms with van der Waals surface area (Å²) in [6.45, 7) is 8.64. The van der Waals surface area contributed by atoms with Gasteiger partial charge in [-0.25, -0.2) is 0 Å². The highest BCUT2D eigenvalue weighted by atomic mass is 16.4. The summed E-state index contributed by atoms with van der Waals surface area (Å²) in [6.07, 6.45) is 11.2. The zero-order valence-electron chi connectivity index (χ0n) is 24.9. The third-order valence-electron chi connectivity index (χ3n) is 7.76. The summed E-state index contributed by atoms with van der Waals surface area (Å²) in [4.78, 5) is 33.8. The predicted octanol–water partition coefficient (Wildman–Crippen LogP) is 6.58. The summed E-state index contributed by atoms with van der Waals surface area (Å²) in [6, 6.07) is 3.09. The predicted molar refractivity (Wildman–Crippen MR) is 156 cm³/mol. The van der Waals surface area contributed by atoms with E-state index in [1.807, 2.05) is 0 Å². The van der Waals surface area contributed by atoms with Crippen molar-refractivity contribution in [3.05, 3.63) is 23.8 Å². The Kier molecular flexibility index (Phi) is 18.7. The first-order valence-electron chi connectivity index (χ1n) is 14.8. The van der Waals surface area contributed by atoms with Gasteiger partial charge >= 0.3 is 17.9 Å². The van der Waals surface area contributed by atoms with Crippen molar-refractivity contribution in [2.45, 2.75) is 124 Å². The maximum absolute atomic E-state index is 12.4. The molecule has 0 amide bonds. The molecule has 3 atom stereocenters. The van der Waals surface area contributed by atoms with E-state index in [9.17, 15) is 19.5 Å². The standard InChI is InChI=1S/C22H42O4.C9H11NO4/c1-5-9-12-18(7-3)16-22(21(25)26,15-11-14-20(23)24)17-19(8-4)13-10-6-2;10-6(9(13)14)3-5-1-2-7(11)8(12)4-5/h18-19H,5-17H2,1-4H3,(H,23,24)(H,25,26);1-2,4,6,11-12H,3,10H2,(H,13,14)/t;6-/m.0/s1. The summed E-state index contributed by atoms with van der Waals surface area (Å²) in [5.41, 5.74) is 5.09. The van der Waals surface area contributed by atoms with E-state index < -0.39 is 29.4 Å². The number of rotatable bonds is 20. The first kappa shape index (κ1) is 37.2. The lowest BCUT2D eigenvalue weighted by atomic mass is 9.68. The first-order chi connectivity index (χ1) is 18.8. The van der Waals surface area contributed by atoms with Gasteiger partial charge in [0.15, 0.2) is 11.5 Å². The van der Waals surface area contributed by atoms with Crippen molar-refractivity contribution < 1.29 is 39.9 Å². The molecule has 230 valence electrons. The molecule has 40 heavy (non-hydrogen) atoms. The molecular weight excluding hydrogens is 514 g/mol. The Morgan fingerprint density at radius 3 is 1.73 bits per heavy atom. The summed E-state index contributed by atoms with van der Waals surface area (Å²) in [5, 5.41) is 45.8. The average molecular weight is 568 g/mol. The Balaban J connectivity index is 0.000000906. The fourth-order valence-electron chi connectivity index (χ4n) is 5.18. The molecule has 0 heterocycles. The number of nitrogens with two attached hydrogens (primary N) is 1. The number of phenolic OH excluding ortho intramolecular Hbond substituents is 2. The van der Waals surface area contributed by atoms with Gasteiger partial charge in [-0.15, -0.1) is 0 Å². The lowest BCUT2D eigenvalue weighted by Crippen LogP contribution is -2.36. The molecule has 0 radical (unpaired) electrons. The van der Waals surface area contributed by atoms with Crippen molar-refractivity contribution in [3.8, 4) is 11.5 Å². The second-order valence-corrected chi connectivity index (χ2v) is 11.0. The summed E-state index contributed by atoms with van der Waals surface area (Å²) >= 11 is 0. The molecular formula is C31H53NO8. The number of hydrogen-bond acceptors (Lipinski definition) is 6. The van der Waals surface area contributed by atoms with Gasteiger partial charge in [0.25, 0.3) is 0 Å². The van der Waals surface area contributed by atoms with E-state index in [1.165, 1.54) is 18.2 Å². The SMILES string of the molecule is CCCCC(CC)CC(CCCC(=O)O)(CC(CC)CCCC)C(=O)O.N[C@@H](Cc1ccc(O)c(O)c1)C(=O)O. The number of aromatic hydroxyl groups is 2. The minimum atomic E-state index is -1.10. The minimum absolute atomic E-state index is 0.0620. The van der Waals surface area contributed by atoms with Crippen LogP contribution in [-0.4, -0.2) is 49.5 Å². The highest BCUT2D eigenvalue weighted by molar-refractivity contribution is 5.75. The van der Waals surface area contributed by atoms with Gasteiger partial charge in [0.05, 0.1) is 5.41 Å². The molecule has 0 bridgehead atoms. The van der Waals surface area contributed by atoms with Crippen molar-refractivity contribution in [2.24, 2.45) is 23.0 Å². The minimum Gasteiger partial charge on any atom is -0.504 e. The van der Waals surface area contributed by atoms with Gasteiger partial charge in [-0.2, -0.15) is 0 Å². The molecule has 0 aromatic heterocycles. The van der Waals surface area contributed by atoms with E-state index >= 15 is 0 Å². The second-order valence-electron chi connectivity index (χ2n) is 11.0. The fourth-order valence-corrected chi connectivity index (χ4v) is 5.18. The van der Waals surface area contributed by atoms with Gasteiger partial charge in [0, 0.05) is 6.42 Å². The van der Waals surface area contributed by atoms with Crippen molar-refractivity contribution in [1.82, 2.24) is 0 Å². The van der Waals surface area contributed by atoms with Crippen molar-refractivity contribution in [2.75, 3.05) is 0 Å². The van der Waals surface area contributed by atoms with Gasteiger partial charge < -0.3 is 31.3 Å². The molecule has 9 nitrogen and oxygen atoms in total. The first-order valence-corrected chi connectivity index (χ1v) is 14.8. The molecule has 0 saturated heterocycles. The van der Waals surface area contributed by atoms with Gasteiger partial charge in [-0.3, -0.25) is 14.4 Å². The highest BCUT2D eigenvalue weighted by Gasteiger charge is 2.41. The zero-order chi connectivity index (χ0) is 30.7. The van der Waals surface area contributed by atoms with Gasteiger partial charge in [-0.1, -0.05) is 85.1 Å². The largest absolute Gasteiger partial charge is 0.504 e. The van der Waals surface area contributed by atoms with E-state index in [4.69, 9.17) is 26.2 Å². The fraction of sp³-hybridized carbons (Fsp3) is 0.710. The zero-order valence-corrected chi connectivity index (χ0v) is 24.9. The molecule has 2 unspecified atom stereocenters. The van der Waals surface area contributed by atoms with Crippen LogP contribution >= 0.6 is 0 Å². The van der Waals surface area contributed by atoms with Crippen LogP contribution in [-0.2, 0) is 20.8 Å². The Hall–Kier alpha value is -2.81. The maximum Gasteiger partial charge on any atom is 0.320 e. The molecule has 0 aliphatic heterocycles. The van der Waals surface area contributed by atoms with E-state index in [0.29, 0.717) is 43.1 Å². The number of benzene rings is 1. The molecule has 1 rings (SSSR count). The summed E-state index contributed by atoms with van der Waals surface area (Å²) in [7, 11) is 0. The number of carboxylic acid groups (broad SMARTS) is 3. The number of phenols is 2. The molecule has 0 aliphatic carbocycles. The molecule has 9 heteroatoms. The van der Waals surface area contributed by atoms with Crippen molar-refractivity contribution >= 4 is 17.9 Å². The van der Waals surface area contributed by atoms with E-state index in [-0.39, 0.29) is 24.3 Å². The Morgan fingerprint density at radius 1 is 0.825 bits per heavy atom. The number of carboxylic acids is 3. The van der Waals surface area contributed by atoms with Crippen LogP contribution in [0, 0.1) is 17.3 Å². The highest BCUT2D eigenvalue weighted by Crippen LogP contribution is 2.43. The topological polar surface area (TPSA) is 178 Å². The van der Waals surface area contributed by atoms with Crippen LogP contribution in [0.2, 0.25) is 0 Å². The van der Waals surface area contributed by atoms with Gasteiger partial charge in [0.1, 0.15) is 6.04 Å². The Morgan fingerprint density at radius 2 is 1.35 bits per heavy atom. The molecule has 0 spiro atoms. The quantitative estimate of drug-likeness (QED) is 0.0949. The number of unbranched alkanes of at least 4 members (excludes halogenated alkanes) is 2. The maximum atomic E-state index is 12.4. The van der Waals surface area contributed by atoms with E-state index in [2.05, 4.69) is 27.7 Å². The van der Waals surface area contributed by atoms with Crippen LogP contribution in [0.5, 0.6) is 11.5 Å². The smallest absolute Gasteiger partial charge is 0.320 e. The monoisotopic (exact) mass is 567 g/mol. The number of carbonyl (C=O) groups is 3. The molecule has 1 aromatic rings. The van der Waals surface area contributed by atoms with Crippen LogP contribution in [0.3, 0.4) is 0 Å². The molecule has 7 N–H and O–H groups in total. The van der Waals surface area contributed by atoms with Crippen LogP contribution in [0.25, 0.3) is 0 Å². The third kappa shape index (κ3) is 14.5. The van der Waals surface area contributed by atoms with Crippen molar-refractivity contribution in [3.63, 3.8) is 0 Å². The average Bonchev–Trinajstić information content (AvgIpc) is 2.90. The summed E-state index contributed by atoms with van der Waals surface area (Å²) in [5.74, 6) is -2.33. The molecule has 0 aliphatic rings. The Labute approximate surface area is 239 Å². The van der Waals surface area contributed by atoms with E-state index in [1.54, 1.807) is 0 Å².